The van der Waals surface area contributed by atoms with Gasteiger partial charge in [0.25, 0.3) is 0 Å². The zero-order valence-corrected chi connectivity index (χ0v) is 20.3. The highest BCUT2D eigenvalue weighted by Crippen LogP contribution is 2.30. The molecule has 0 aliphatic carbocycles. The van der Waals surface area contributed by atoms with Gasteiger partial charge < -0.3 is 34.9 Å². The van der Waals surface area contributed by atoms with Crippen LogP contribution in [0.1, 0.15) is 44.9 Å². The molecule has 1 aromatic heterocycles. The van der Waals surface area contributed by atoms with Gasteiger partial charge in [0.05, 0.1) is 42.1 Å². The van der Waals surface area contributed by atoms with Crippen molar-refractivity contribution >= 4 is 34.5 Å². The SMILES string of the molecule is CCn1cc(C(=O)O)c(=O)c2cc(F)c(N3CC[NH2+][C@H](C)C3)c(F)c21.O=C([O-])c1cc(F)cc(C(=O)O)c1. The van der Waals surface area contributed by atoms with Crippen molar-refractivity contribution in [3.63, 3.8) is 0 Å². The molecule has 1 saturated heterocycles. The molecule has 0 unspecified atom stereocenters. The molecule has 0 saturated carbocycles. The summed E-state index contributed by atoms with van der Waals surface area (Å²) in [5.74, 6) is -7.00. The van der Waals surface area contributed by atoms with E-state index in [2.05, 4.69) is 5.32 Å². The van der Waals surface area contributed by atoms with E-state index in [1.807, 2.05) is 6.92 Å². The highest BCUT2D eigenvalue weighted by Gasteiger charge is 2.28. The van der Waals surface area contributed by atoms with E-state index in [1.54, 1.807) is 11.8 Å². The number of carbonyl (C=O) groups excluding carboxylic acids is 1. The number of aryl methyl sites for hydroxylation is 1. The lowest BCUT2D eigenvalue weighted by atomic mass is 10.1. The Bertz CT molecular complexity index is 1460. The van der Waals surface area contributed by atoms with Crippen LogP contribution in [-0.2, 0) is 6.54 Å². The minimum atomic E-state index is -1.61. The van der Waals surface area contributed by atoms with E-state index in [4.69, 9.17) is 10.2 Å². The van der Waals surface area contributed by atoms with Crippen LogP contribution in [-0.4, -0.2) is 58.4 Å². The third-order valence-electron chi connectivity index (χ3n) is 5.97. The minimum absolute atomic E-state index is 0.0592. The number of carboxylic acid groups (broad SMARTS) is 3. The summed E-state index contributed by atoms with van der Waals surface area (Å²) in [7, 11) is 0. The van der Waals surface area contributed by atoms with Crippen LogP contribution in [0.2, 0.25) is 0 Å². The van der Waals surface area contributed by atoms with Crippen LogP contribution in [0.25, 0.3) is 10.9 Å². The Kier molecular flexibility index (Phi) is 8.41. The number of nitrogens with zero attached hydrogens (tertiary/aromatic N) is 2. The highest BCUT2D eigenvalue weighted by molar-refractivity contribution is 5.94. The first-order valence-electron chi connectivity index (χ1n) is 11.5. The number of carbonyl (C=O) groups is 3. The number of aromatic carboxylic acids is 3. The van der Waals surface area contributed by atoms with Gasteiger partial charge in [-0.15, -0.1) is 0 Å². The van der Waals surface area contributed by atoms with E-state index >= 15 is 4.39 Å². The Morgan fingerprint density at radius 2 is 1.74 bits per heavy atom. The van der Waals surface area contributed by atoms with Gasteiger partial charge in [-0.25, -0.2) is 22.8 Å². The summed E-state index contributed by atoms with van der Waals surface area (Å²) in [6.07, 6.45) is 1.12. The molecule has 4 rings (SSSR count). The van der Waals surface area contributed by atoms with Crippen molar-refractivity contribution in [1.82, 2.24) is 4.57 Å². The average Bonchev–Trinajstić information content (AvgIpc) is 2.84. The van der Waals surface area contributed by atoms with Crippen LogP contribution < -0.4 is 20.8 Å². The number of anilines is 1. The van der Waals surface area contributed by atoms with Crippen molar-refractivity contribution in [3.05, 3.63) is 74.8 Å². The molecule has 0 radical (unpaired) electrons. The fourth-order valence-electron chi connectivity index (χ4n) is 4.23. The normalized spacial score (nSPS) is 15.1. The molecule has 2 heterocycles. The quantitative estimate of drug-likeness (QED) is 0.430. The molecule has 10 nitrogen and oxygen atoms in total. The summed E-state index contributed by atoms with van der Waals surface area (Å²) < 4.78 is 43.8. The molecule has 0 amide bonds. The molecule has 2 aromatic carbocycles. The Balaban J connectivity index is 0.000000260. The van der Waals surface area contributed by atoms with Crippen molar-refractivity contribution in [3.8, 4) is 0 Å². The molecule has 3 aromatic rings. The zero-order chi connectivity index (χ0) is 28.3. The first-order valence-corrected chi connectivity index (χ1v) is 11.5. The van der Waals surface area contributed by atoms with Crippen LogP contribution >= 0.6 is 0 Å². The lowest BCUT2D eigenvalue weighted by Gasteiger charge is -2.32. The van der Waals surface area contributed by atoms with Gasteiger partial charge in [0, 0.05) is 18.3 Å². The lowest BCUT2D eigenvalue weighted by molar-refractivity contribution is -0.687. The van der Waals surface area contributed by atoms with E-state index in [1.165, 1.54) is 4.57 Å². The summed E-state index contributed by atoms with van der Waals surface area (Å²) in [5, 5.41) is 29.7. The fraction of sp³-hybridized carbons (Fsp3) is 0.280. The summed E-state index contributed by atoms with van der Waals surface area (Å²) >= 11 is 0. The molecule has 1 aliphatic rings. The highest BCUT2D eigenvalue weighted by atomic mass is 19.1. The molecular formula is C25H24F3N3O7. The van der Waals surface area contributed by atoms with Crippen LogP contribution in [0.5, 0.6) is 0 Å². The standard InChI is InChI=1S/C17H19F2N3O3.C8H5FO4/c1-3-21-8-11(17(24)25)16(23)10-6-12(18)15(13(19)14(10)21)22-5-4-20-9(2)7-22;9-6-2-4(7(10)11)1-5(3-6)8(12)13/h6,8-9,20H,3-5,7H2,1-2H3,(H,24,25);1-3H,(H,10,11)(H,12,13)/t9-;/m1./s1. The first-order chi connectivity index (χ1) is 17.8. The number of pyridine rings is 1. The second kappa shape index (κ2) is 11.3. The van der Waals surface area contributed by atoms with Crippen molar-refractivity contribution in [1.29, 1.82) is 0 Å². The molecule has 0 bridgehead atoms. The van der Waals surface area contributed by atoms with E-state index in [-0.39, 0.29) is 29.2 Å². The van der Waals surface area contributed by atoms with Crippen molar-refractivity contribution in [2.24, 2.45) is 0 Å². The number of hydrogen-bond donors (Lipinski definition) is 3. The maximum absolute atomic E-state index is 15.2. The minimum Gasteiger partial charge on any atom is -0.545 e. The Morgan fingerprint density at radius 3 is 2.29 bits per heavy atom. The second-order valence-corrected chi connectivity index (χ2v) is 8.65. The van der Waals surface area contributed by atoms with E-state index in [0.717, 1.165) is 30.9 Å². The van der Waals surface area contributed by atoms with E-state index in [0.29, 0.717) is 19.2 Å². The summed E-state index contributed by atoms with van der Waals surface area (Å²) in [4.78, 5) is 45.8. The van der Waals surface area contributed by atoms with Gasteiger partial charge >= 0.3 is 11.9 Å². The monoisotopic (exact) mass is 535 g/mol. The fourth-order valence-corrected chi connectivity index (χ4v) is 4.23. The predicted molar refractivity (Wildman–Crippen MR) is 127 cm³/mol. The van der Waals surface area contributed by atoms with Gasteiger partial charge in [-0.2, -0.15) is 0 Å². The third kappa shape index (κ3) is 5.78. The van der Waals surface area contributed by atoms with E-state index < -0.39 is 57.5 Å². The van der Waals surface area contributed by atoms with Crippen molar-refractivity contribution < 1.29 is 48.2 Å². The molecule has 38 heavy (non-hydrogen) atoms. The van der Waals surface area contributed by atoms with Crippen LogP contribution in [0.4, 0.5) is 18.9 Å². The summed E-state index contributed by atoms with van der Waals surface area (Å²) in [6, 6.07) is 3.42. The predicted octanol–water partition coefficient (Wildman–Crippen LogP) is 0.657. The topological polar surface area (TPSA) is 157 Å². The van der Waals surface area contributed by atoms with Gasteiger partial charge in [0.1, 0.15) is 28.9 Å². The number of carboxylic acids is 3. The average molecular weight is 535 g/mol. The molecular weight excluding hydrogens is 511 g/mol. The van der Waals surface area contributed by atoms with E-state index in [9.17, 15) is 33.1 Å². The van der Waals surface area contributed by atoms with Crippen LogP contribution in [0.3, 0.4) is 0 Å². The largest absolute Gasteiger partial charge is 0.545 e. The van der Waals surface area contributed by atoms with Gasteiger partial charge in [-0.05, 0) is 38.1 Å². The van der Waals surface area contributed by atoms with Gasteiger partial charge in [0.2, 0.25) is 5.43 Å². The Morgan fingerprint density at radius 1 is 1.08 bits per heavy atom. The molecule has 4 N–H and O–H groups in total. The molecule has 13 heteroatoms. The Labute approximate surface area is 213 Å². The maximum atomic E-state index is 15.2. The van der Waals surface area contributed by atoms with Crippen LogP contribution in [0, 0.1) is 17.5 Å². The molecule has 1 atom stereocenters. The lowest BCUT2D eigenvalue weighted by Crippen LogP contribution is -2.94. The number of nitrogens with two attached hydrogens (primary N) is 1. The summed E-state index contributed by atoms with van der Waals surface area (Å²) in [5.41, 5.74) is -2.50. The number of quaternary nitrogens is 1. The molecule has 0 spiro atoms. The zero-order valence-electron chi connectivity index (χ0n) is 20.3. The number of aromatic nitrogens is 1. The van der Waals surface area contributed by atoms with Crippen molar-refractivity contribution in [2.75, 3.05) is 24.5 Å². The Hall–Kier alpha value is -4.39. The van der Waals surface area contributed by atoms with Gasteiger partial charge in [-0.3, -0.25) is 4.79 Å². The number of rotatable bonds is 5. The number of benzene rings is 2. The molecule has 1 fully saturated rings. The second-order valence-electron chi connectivity index (χ2n) is 8.65. The van der Waals surface area contributed by atoms with Gasteiger partial charge in [-0.1, -0.05) is 0 Å². The number of halogens is 3. The first kappa shape index (κ1) is 28.2. The number of hydrogen-bond acceptors (Lipinski definition) is 6. The summed E-state index contributed by atoms with van der Waals surface area (Å²) in [6.45, 7) is 5.64. The molecule has 202 valence electrons. The van der Waals surface area contributed by atoms with Crippen LogP contribution in [0.15, 0.2) is 35.3 Å². The molecule has 1 aliphatic heterocycles. The maximum Gasteiger partial charge on any atom is 0.341 e. The smallest absolute Gasteiger partial charge is 0.341 e. The number of fused-ring (bicyclic) bond motifs is 1. The van der Waals surface area contributed by atoms with Gasteiger partial charge in [0.15, 0.2) is 5.82 Å². The number of piperazine rings is 1. The third-order valence-corrected chi connectivity index (χ3v) is 5.97. The van der Waals surface area contributed by atoms with Crippen molar-refractivity contribution in [2.45, 2.75) is 26.4 Å².